The fourth-order valence-corrected chi connectivity index (χ4v) is 3.70. The molecule has 1 fully saturated rings. The molecular weight excluding hydrogens is 222 g/mol. The van der Waals surface area contributed by atoms with Crippen molar-refractivity contribution in [3.63, 3.8) is 0 Å². The third-order valence-corrected chi connectivity index (χ3v) is 4.08. The van der Waals surface area contributed by atoms with E-state index in [0.29, 0.717) is 10.5 Å². The molecule has 0 bridgehead atoms. The molecule has 1 saturated heterocycles. The molecule has 0 aromatic heterocycles. The molecule has 0 saturated carbocycles. The zero-order valence-electron chi connectivity index (χ0n) is 10.9. The van der Waals surface area contributed by atoms with Gasteiger partial charge in [-0.1, -0.05) is 13.8 Å². The van der Waals surface area contributed by atoms with Crippen molar-refractivity contribution in [2.75, 3.05) is 26.7 Å². The van der Waals surface area contributed by atoms with Crippen molar-refractivity contribution >= 4 is 17.7 Å². The number of carbonyl (C=O) groups is 1. The summed E-state index contributed by atoms with van der Waals surface area (Å²) in [6.45, 7) is 11.3. The van der Waals surface area contributed by atoms with Crippen LogP contribution in [0, 0.1) is 5.41 Å². The van der Waals surface area contributed by atoms with Gasteiger partial charge in [-0.05, 0) is 13.8 Å². The number of thioether (sulfide) groups is 1. The van der Waals surface area contributed by atoms with E-state index in [4.69, 9.17) is 4.74 Å². The average molecular weight is 245 g/mol. The quantitative estimate of drug-likeness (QED) is 0.711. The van der Waals surface area contributed by atoms with Crippen molar-refractivity contribution in [3.05, 3.63) is 0 Å². The van der Waals surface area contributed by atoms with Crippen LogP contribution in [-0.2, 0) is 9.53 Å². The van der Waals surface area contributed by atoms with Gasteiger partial charge in [0.1, 0.15) is 0 Å². The van der Waals surface area contributed by atoms with Crippen molar-refractivity contribution in [2.45, 2.75) is 38.2 Å². The van der Waals surface area contributed by atoms with Crippen LogP contribution in [0.5, 0.6) is 0 Å². The predicted molar refractivity (Wildman–Crippen MR) is 68.8 cm³/mol. The van der Waals surface area contributed by atoms with Gasteiger partial charge in [0.15, 0.2) is 0 Å². The molecule has 0 aliphatic carbocycles. The van der Waals surface area contributed by atoms with Gasteiger partial charge in [0, 0.05) is 30.1 Å². The van der Waals surface area contributed by atoms with Crippen LogP contribution in [0.3, 0.4) is 0 Å². The molecule has 94 valence electrons. The standard InChI is InChI=1S/C12H23NO2S/c1-9-6-13(7-10(2)16-9)8-12(3,4)11(14)15-5/h9-10H,6-8H2,1-5H3. The first-order valence-electron chi connectivity index (χ1n) is 5.81. The van der Waals surface area contributed by atoms with Crippen LogP contribution in [0.4, 0.5) is 0 Å². The molecule has 3 nitrogen and oxygen atoms in total. The zero-order valence-corrected chi connectivity index (χ0v) is 11.8. The first-order valence-corrected chi connectivity index (χ1v) is 6.75. The molecule has 0 aromatic carbocycles. The van der Waals surface area contributed by atoms with Crippen LogP contribution in [0.15, 0.2) is 0 Å². The van der Waals surface area contributed by atoms with Crippen molar-refractivity contribution in [1.82, 2.24) is 4.90 Å². The second-order valence-electron chi connectivity index (χ2n) is 5.33. The predicted octanol–water partition coefficient (Wildman–Crippen LogP) is 2.01. The first-order chi connectivity index (χ1) is 7.35. The van der Waals surface area contributed by atoms with Crippen molar-refractivity contribution in [3.8, 4) is 0 Å². The van der Waals surface area contributed by atoms with E-state index in [-0.39, 0.29) is 5.97 Å². The topological polar surface area (TPSA) is 29.5 Å². The van der Waals surface area contributed by atoms with Gasteiger partial charge in [-0.25, -0.2) is 0 Å². The fourth-order valence-electron chi connectivity index (χ4n) is 2.31. The molecule has 0 N–H and O–H groups in total. The van der Waals surface area contributed by atoms with Gasteiger partial charge < -0.3 is 9.64 Å². The minimum Gasteiger partial charge on any atom is -0.469 e. The Hall–Kier alpha value is -0.220. The number of nitrogens with zero attached hydrogens (tertiary/aromatic N) is 1. The molecule has 0 spiro atoms. The zero-order chi connectivity index (χ0) is 12.3. The normalized spacial score (nSPS) is 27.8. The Kier molecular flexibility index (Phi) is 4.68. The monoisotopic (exact) mass is 245 g/mol. The summed E-state index contributed by atoms with van der Waals surface area (Å²) in [5.74, 6) is -0.119. The number of carbonyl (C=O) groups excluding carboxylic acids is 1. The second kappa shape index (κ2) is 5.41. The van der Waals surface area contributed by atoms with E-state index in [2.05, 4.69) is 18.7 Å². The largest absolute Gasteiger partial charge is 0.469 e. The van der Waals surface area contributed by atoms with Gasteiger partial charge >= 0.3 is 5.97 Å². The lowest BCUT2D eigenvalue weighted by atomic mass is 9.92. The number of methoxy groups -OCH3 is 1. The lowest BCUT2D eigenvalue weighted by molar-refractivity contribution is -0.151. The lowest BCUT2D eigenvalue weighted by Gasteiger charge is -2.38. The Morgan fingerprint density at radius 3 is 2.31 bits per heavy atom. The molecular formula is C12H23NO2S. The van der Waals surface area contributed by atoms with Crippen LogP contribution in [-0.4, -0.2) is 48.1 Å². The molecule has 2 unspecified atom stereocenters. The Morgan fingerprint density at radius 1 is 1.38 bits per heavy atom. The first kappa shape index (κ1) is 13.8. The SMILES string of the molecule is COC(=O)C(C)(C)CN1CC(C)SC(C)C1. The van der Waals surface area contributed by atoms with Gasteiger partial charge in [0.25, 0.3) is 0 Å². The van der Waals surface area contributed by atoms with Gasteiger partial charge in [0.05, 0.1) is 12.5 Å². The van der Waals surface area contributed by atoms with E-state index in [1.807, 2.05) is 25.6 Å². The van der Waals surface area contributed by atoms with E-state index < -0.39 is 5.41 Å². The fraction of sp³-hybridized carbons (Fsp3) is 0.917. The lowest BCUT2D eigenvalue weighted by Crippen LogP contribution is -2.47. The smallest absolute Gasteiger partial charge is 0.312 e. The molecule has 0 radical (unpaired) electrons. The summed E-state index contributed by atoms with van der Waals surface area (Å²) < 4.78 is 4.84. The van der Waals surface area contributed by atoms with Crippen molar-refractivity contribution in [2.24, 2.45) is 5.41 Å². The van der Waals surface area contributed by atoms with E-state index in [0.717, 1.165) is 19.6 Å². The van der Waals surface area contributed by atoms with Gasteiger partial charge in [-0.3, -0.25) is 4.79 Å². The minimum atomic E-state index is -0.407. The minimum absolute atomic E-state index is 0.119. The highest BCUT2D eigenvalue weighted by atomic mass is 32.2. The highest BCUT2D eigenvalue weighted by Crippen LogP contribution is 2.27. The molecule has 4 heteroatoms. The molecule has 2 atom stereocenters. The van der Waals surface area contributed by atoms with Crippen LogP contribution >= 0.6 is 11.8 Å². The Balaban J connectivity index is 2.56. The summed E-state index contributed by atoms with van der Waals surface area (Å²) in [6.07, 6.45) is 0. The molecule has 1 rings (SSSR count). The average Bonchev–Trinajstić information content (AvgIpc) is 2.13. The van der Waals surface area contributed by atoms with Gasteiger partial charge in [-0.2, -0.15) is 11.8 Å². The highest BCUT2D eigenvalue weighted by Gasteiger charge is 2.33. The van der Waals surface area contributed by atoms with Crippen molar-refractivity contribution in [1.29, 1.82) is 0 Å². The number of rotatable bonds is 3. The third-order valence-electron chi connectivity index (χ3n) is 2.85. The summed E-state index contributed by atoms with van der Waals surface area (Å²) >= 11 is 2.03. The third kappa shape index (κ3) is 3.67. The maximum absolute atomic E-state index is 11.6. The van der Waals surface area contributed by atoms with Crippen LogP contribution in [0.1, 0.15) is 27.7 Å². The Bertz CT molecular complexity index is 245. The maximum Gasteiger partial charge on any atom is 0.312 e. The number of hydrogen-bond donors (Lipinski definition) is 0. The summed E-state index contributed by atoms with van der Waals surface area (Å²) in [7, 11) is 1.46. The number of hydrogen-bond acceptors (Lipinski definition) is 4. The van der Waals surface area contributed by atoms with E-state index in [9.17, 15) is 4.79 Å². The van der Waals surface area contributed by atoms with Crippen LogP contribution < -0.4 is 0 Å². The molecule has 1 aliphatic rings. The molecule has 16 heavy (non-hydrogen) atoms. The van der Waals surface area contributed by atoms with E-state index in [1.54, 1.807) is 0 Å². The van der Waals surface area contributed by atoms with Crippen LogP contribution in [0.25, 0.3) is 0 Å². The Labute approximate surface area is 103 Å². The maximum atomic E-state index is 11.6. The van der Waals surface area contributed by atoms with E-state index in [1.165, 1.54) is 7.11 Å². The highest BCUT2D eigenvalue weighted by molar-refractivity contribution is 8.00. The van der Waals surface area contributed by atoms with Crippen LogP contribution in [0.2, 0.25) is 0 Å². The molecule has 1 aliphatic heterocycles. The van der Waals surface area contributed by atoms with Gasteiger partial charge in [0.2, 0.25) is 0 Å². The molecule has 0 aromatic rings. The number of ether oxygens (including phenoxy) is 1. The summed E-state index contributed by atoms with van der Waals surface area (Å²) in [5.41, 5.74) is -0.407. The molecule has 1 heterocycles. The second-order valence-corrected chi connectivity index (χ2v) is 7.21. The number of esters is 1. The molecule has 0 amide bonds. The summed E-state index contributed by atoms with van der Waals surface area (Å²) in [5, 5.41) is 1.30. The van der Waals surface area contributed by atoms with E-state index >= 15 is 0 Å². The summed E-state index contributed by atoms with van der Waals surface area (Å²) in [4.78, 5) is 14.0. The Morgan fingerprint density at radius 2 is 1.88 bits per heavy atom. The summed E-state index contributed by atoms with van der Waals surface area (Å²) in [6, 6.07) is 0. The van der Waals surface area contributed by atoms with Gasteiger partial charge in [-0.15, -0.1) is 0 Å². The van der Waals surface area contributed by atoms with Crippen molar-refractivity contribution < 1.29 is 9.53 Å².